The highest BCUT2D eigenvalue weighted by atomic mass is 31.1. The van der Waals surface area contributed by atoms with Crippen LogP contribution in [0.4, 0.5) is 0 Å². The van der Waals surface area contributed by atoms with Gasteiger partial charge in [0.25, 0.3) is 0 Å². The zero-order valence-electron chi connectivity index (χ0n) is 10.4. The van der Waals surface area contributed by atoms with E-state index in [-0.39, 0.29) is 14.0 Å². The third kappa shape index (κ3) is 2.81. The third-order valence-corrected chi connectivity index (χ3v) is 3.28. The van der Waals surface area contributed by atoms with Crippen LogP contribution in [0, 0.1) is 0 Å². The summed E-state index contributed by atoms with van der Waals surface area (Å²) in [6.45, 7) is 3.90. The van der Waals surface area contributed by atoms with E-state index in [9.17, 15) is 4.57 Å². The molecule has 3 nitrogen and oxygen atoms in total. The van der Waals surface area contributed by atoms with Gasteiger partial charge in [0.1, 0.15) is 0 Å². The van der Waals surface area contributed by atoms with E-state index in [0.29, 0.717) is 0 Å². The molecule has 0 atom stereocenters. The maximum atomic E-state index is 10.7. The first-order chi connectivity index (χ1) is 8.50. The Labute approximate surface area is 108 Å². The number of nitrogens with zero attached hydrogens (tertiary/aromatic N) is 1. The SMILES string of the molecule is CC(C)(N)c1ccc(-c2ccc(P=O)cc2)nc1. The first kappa shape index (κ1) is 12.9. The fourth-order valence-electron chi connectivity index (χ4n) is 1.64. The minimum atomic E-state index is -0.378. The van der Waals surface area contributed by atoms with Gasteiger partial charge in [0.15, 0.2) is 8.46 Å². The summed E-state index contributed by atoms with van der Waals surface area (Å²) in [5.74, 6) is 0. The largest absolute Gasteiger partial charge is 0.322 e. The molecule has 18 heavy (non-hydrogen) atoms. The molecule has 2 rings (SSSR count). The van der Waals surface area contributed by atoms with Gasteiger partial charge in [0, 0.05) is 22.6 Å². The third-order valence-electron chi connectivity index (χ3n) is 2.78. The van der Waals surface area contributed by atoms with Crippen molar-refractivity contribution in [1.82, 2.24) is 4.98 Å². The first-order valence-corrected chi connectivity index (χ1v) is 6.51. The topological polar surface area (TPSA) is 56.0 Å². The summed E-state index contributed by atoms with van der Waals surface area (Å²) >= 11 is 0. The summed E-state index contributed by atoms with van der Waals surface area (Å²) in [5, 5.41) is 0.762. The lowest BCUT2D eigenvalue weighted by Gasteiger charge is -2.18. The van der Waals surface area contributed by atoms with Crippen LogP contribution >= 0.6 is 8.46 Å². The summed E-state index contributed by atoms with van der Waals surface area (Å²) in [6, 6.07) is 11.4. The molecule has 0 fully saturated rings. The molecule has 2 aromatic rings. The molecule has 0 aliphatic rings. The molecule has 1 heterocycles. The van der Waals surface area contributed by atoms with Crippen LogP contribution < -0.4 is 11.0 Å². The quantitative estimate of drug-likeness (QED) is 0.861. The van der Waals surface area contributed by atoms with Gasteiger partial charge in [-0.1, -0.05) is 18.2 Å². The zero-order valence-corrected chi connectivity index (χ0v) is 11.3. The second-order valence-electron chi connectivity index (χ2n) is 4.79. The molecule has 1 aromatic carbocycles. The fourth-order valence-corrected chi connectivity index (χ4v) is 1.91. The number of hydrogen-bond acceptors (Lipinski definition) is 3. The Bertz CT molecular complexity index is 542. The molecule has 2 N–H and O–H groups in total. The minimum absolute atomic E-state index is 0.0395. The summed E-state index contributed by atoms with van der Waals surface area (Å²) in [6.07, 6.45) is 1.80. The monoisotopic (exact) mass is 258 g/mol. The lowest BCUT2D eigenvalue weighted by Crippen LogP contribution is -2.28. The van der Waals surface area contributed by atoms with Crippen LogP contribution in [-0.2, 0) is 10.1 Å². The van der Waals surface area contributed by atoms with Crippen LogP contribution in [0.3, 0.4) is 0 Å². The number of hydrogen-bond donors (Lipinski definition) is 1. The van der Waals surface area contributed by atoms with Crippen molar-refractivity contribution in [3.63, 3.8) is 0 Å². The van der Waals surface area contributed by atoms with Crippen molar-refractivity contribution in [3.05, 3.63) is 48.2 Å². The molecule has 0 aliphatic carbocycles. The van der Waals surface area contributed by atoms with Crippen molar-refractivity contribution in [3.8, 4) is 11.3 Å². The Hall–Kier alpha value is -1.57. The lowest BCUT2D eigenvalue weighted by molar-refractivity contribution is 0.552. The van der Waals surface area contributed by atoms with Gasteiger partial charge in [0.05, 0.1) is 5.69 Å². The predicted octanol–water partition coefficient (Wildman–Crippen LogP) is 2.86. The van der Waals surface area contributed by atoms with Crippen LogP contribution in [-0.4, -0.2) is 4.98 Å². The number of rotatable bonds is 3. The van der Waals surface area contributed by atoms with Crippen LogP contribution in [0.5, 0.6) is 0 Å². The van der Waals surface area contributed by atoms with Gasteiger partial charge in [0.2, 0.25) is 0 Å². The Morgan fingerprint density at radius 3 is 2.22 bits per heavy atom. The van der Waals surface area contributed by atoms with Gasteiger partial charge in [-0.25, -0.2) is 0 Å². The Morgan fingerprint density at radius 2 is 1.78 bits per heavy atom. The molecule has 0 saturated heterocycles. The smallest absolute Gasteiger partial charge is 0.192 e. The van der Waals surface area contributed by atoms with Crippen LogP contribution in [0.25, 0.3) is 11.3 Å². The van der Waals surface area contributed by atoms with Crippen molar-refractivity contribution in [1.29, 1.82) is 0 Å². The normalized spacial score (nSPS) is 11.7. The van der Waals surface area contributed by atoms with Crippen molar-refractivity contribution in [2.24, 2.45) is 5.73 Å². The number of benzene rings is 1. The molecular formula is C14H15N2OP. The van der Waals surface area contributed by atoms with Gasteiger partial charge in [-0.05, 0) is 37.6 Å². The van der Waals surface area contributed by atoms with Crippen molar-refractivity contribution < 1.29 is 4.57 Å². The van der Waals surface area contributed by atoms with Crippen molar-refractivity contribution >= 4 is 13.8 Å². The first-order valence-electron chi connectivity index (χ1n) is 5.70. The van der Waals surface area contributed by atoms with Crippen molar-refractivity contribution in [2.75, 3.05) is 0 Å². The molecule has 0 aliphatic heterocycles. The lowest BCUT2D eigenvalue weighted by atomic mass is 9.97. The number of nitrogens with two attached hydrogens (primary N) is 1. The van der Waals surface area contributed by atoms with E-state index in [1.54, 1.807) is 6.20 Å². The Balaban J connectivity index is 2.31. The molecule has 1 aromatic heterocycles. The second kappa shape index (κ2) is 4.97. The average molecular weight is 258 g/mol. The molecular weight excluding hydrogens is 243 g/mol. The summed E-state index contributed by atoms with van der Waals surface area (Å²) in [4.78, 5) is 4.41. The maximum Gasteiger partial charge on any atom is 0.192 e. The van der Waals surface area contributed by atoms with E-state index in [4.69, 9.17) is 5.73 Å². The number of pyridine rings is 1. The van der Waals surface area contributed by atoms with Crippen LogP contribution in [0.15, 0.2) is 42.6 Å². The highest BCUT2D eigenvalue weighted by Crippen LogP contribution is 2.20. The summed E-state index contributed by atoms with van der Waals surface area (Å²) < 4.78 is 10.7. The van der Waals surface area contributed by atoms with E-state index in [2.05, 4.69) is 4.98 Å². The highest BCUT2D eigenvalue weighted by Gasteiger charge is 2.14. The molecule has 0 spiro atoms. The molecule has 4 heteroatoms. The van der Waals surface area contributed by atoms with E-state index in [1.165, 1.54) is 0 Å². The van der Waals surface area contributed by atoms with Gasteiger partial charge >= 0.3 is 0 Å². The van der Waals surface area contributed by atoms with Crippen molar-refractivity contribution in [2.45, 2.75) is 19.4 Å². The van der Waals surface area contributed by atoms with Gasteiger partial charge in [-0.2, -0.15) is 0 Å². The fraction of sp³-hybridized carbons (Fsp3) is 0.214. The maximum absolute atomic E-state index is 10.7. The van der Waals surface area contributed by atoms with E-state index < -0.39 is 0 Å². The van der Waals surface area contributed by atoms with Gasteiger partial charge in [-0.15, -0.1) is 0 Å². The van der Waals surface area contributed by atoms with Gasteiger partial charge in [-0.3, -0.25) is 9.55 Å². The molecule has 0 saturated carbocycles. The Morgan fingerprint density at radius 1 is 1.11 bits per heavy atom. The molecule has 0 amide bonds. The predicted molar refractivity (Wildman–Crippen MR) is 74.1 cm³/mol. The summed E-state index contributed by atoms with van der Waals surface area (Å²) in [7, 11) is 0.0395. The van der Waals surface area contributed by atoms with E-state index in [0.717, 1.165) is 22.1 Å². The minimum Gasteiger partial charge on any atom is -0.322 e. The van der Waals surface area contributed by atoms with Crippen LogP contribution in [0.1, 0.15) is 19.4 Å². The standard InChI is InChI=1S/C14H15N2OP/c1-14(2,15)11-5-8-13(16-9-11)10-3-6-12(18-17)7-4-10/h3-9H,15H2,1-2H3. The van der Waals surface area contributed by atoms with Gasteiger partial charge < -0.3 is 5.73 Å². The van der Waals surface area contributed by atoms with E-state index >= 15 is 0 Å². The molecule has 92 valence electrons. The zero-order chi connectivity index (χ0) is 13.2. The van der Waals surface area contributed by atoms with E-state index in [1.807, 2.05) is 50.2 Å². The molecule has 0 unspecified atom stereocenters. The molecule has 0 bridgehead atoms. The molecule has 0 radical (unpaired) electrons. The number of aromatic nitrogens is 1. The summed E-state index contributed by atoms with van der Waals surface area (Å²) in [5.41, 5.74) is 8.52. The highest BCUT2D eigenvalue weighted by molar-refractivity contribution is 7.34. The Kier molecular flexibility index (Phi) is 3.55. The van der Waals surface area contributed by atoms with Crippen LogP contribution in [0.2, 0.25) is 0 Å². The second-order valence-corrected chi connectivity index (χ2v) is 5.49. The average Bonchev–Trinajstić information content (AvgIpc) is 2.38.